The molecule has 0 N–H and O–H groups in total. The summed E-state index contributed by atoms with van der Waals surface area (Å²) in [4.78, 5) is 12.4. The molecule has 3 saturated carbocycles. The lowest BCUT2D eigenvalue weighted by atomic mass is 9.44. The number of benzene rings is 1. The number of unbranched alkanes of at least 4 members (excludes halogenated alkanes) is 3. The van der Waals surface area contributed by atoms with Gasteiger partial charge in [-0.15, -0.1) is 0 Å². The van der Waals surface area contributed by atoms with Crippen molar-refractivity contribution in [3.8, 4) is 0 Å². The molecule has 0 radical (unpaired) electrons. The zero-order chi connectivity index (χ0) is 18.2. The van der Waals surface area contributed by atoms with E-state index in [1.807, 2.05) is 0 Å². The van der Waals surface area contributed by atoms with Crippen LogP contribution >= 0.6 is 0 Å². The molecule has 138 valence electrons. The van der Waals surface area contributed by atoms with Crippen LogP contribution in [0.1, 0.15) is 96.6 Å². The summed E-state index contributed by atoms with van der Waals surface area (Å²) >= 11 is 0. The van der Waals surface area contributed by atoms with Crippen LogP contribution in [0.4, 0.5) is 0 Å². The summed E-state index contributed by atoms with van der Waals surface area (Å²) in [6.45, 7) is 11.6. The van der Waals surface area contributed by atoms with Gasteiger partial charge in [0.05, 0.1) is 0 Å². The van der Waals surface area contributed by atoms with E-state index in [-0.39, 0.29) is 10.8 Å². The van der Waals surface area contributed by atoms with E-state index in [0.717, 1.165) is 12.8 Å². The van der Waals surface area contributed by atoms with E-state index >= 15 is 0 Å². The van der Waals surface area contributed by atoms with Crippen molar-refractivity contribution in [2.24, 2.45) is 17.3 Å². The molecule has 0 heterocycles. The quantitative estimate of drug-likeness (QED) is 0.508. The number of hydrogen-bond donors (Lipinski definition) is 0. The maximum absolute atomic E-state index is 12.4. The Morgan fingerprint density at radius 3 is 2.32 bits per heavy atom. The maximum Gasteiger partial charge on any atom is 0.137 e. The molecular weight excluding hydrogens is 304 g/mol. The zero-order valence-electron chi connectivity index (χ0n) is 16.9. The van der Waals surface area contributed by atoms with E-state index < -0.39 is 0 Å². The van der Waals surface area contributed by atoms with Gasteiger partial charge in [-0.2, -0.15) is 0 Å². The normalized spacial score (nSPS) is 27.9. The maximum atomic E-state index is 12.4. The molecule has 0 aromatic heterocycles. The summed E-state index contributed by atoms with van der Waals surface area (Å²) < 4.78 is 0. The third kappa shape index (κ3) is 3.44. The van der Waals surface area contributed by atoms with Crippen molar-refractivity contribution < 1.29 is 4.79 Å². The minimum atomic E-state index is 0.206. The lowest BCUT2D eigenvalue weighted by Gasteiger charge is -2.59. The van der Waals surface area contributed by atoms with Crippen LogP contribution in [0.25, 0.3) is 0 Å². The van der Waals surface area contributed by atoms with Crippen molar-refractivity contribution in [1.29, 1.82) is 0 Å². The first-order valence-electron chi connectivity index (χ1n) is 10.4. The molecule has 4 rings (SSSR count). The highest BCUT2D eigenvalue weighted by Gasteiger charge is 2.58. The monoisotopic (exact) mass is 340 g/mol. The third-order valence-electron chi connectivity index (χ3n) is 7.41. The molecule has 0 spiro atoms. The van der Waals surface area contributed by atoms with Gasteiger partial charge in [0.25, 0.3) is 0 Å². The highest BCUT2D eigenvalue weighted by Crippen LogP contribution is 2.62. The van der Waals surface area contributed by atoms with Crippen molar-refractivity contribution in [2.75, 3.05) is 0 Å². The Labute approximate surface area is 154 Å². The molecule has 25 heavy (non-hydrogen) atoms. The number of carbonyl (C=O) groups excluding carboxylic acids is 1. The second kappa shape index (κ2) is 6.89. The Hall–Kier alpha value is -1.11. The van der Waals surface area contributed by atoms with Crippen LogP contribution in [0.15, 0.2) is 24.3 Å². The minimum Gasteiger partial charge on any atom is -0.299 e. The number of carbonyl (C=O) groups is 1. The lowest BCUT2D eigenvalue weighted by molar-refractivity contribution is -0.151. The zero-order valence-corrected chi connectivity index (χ0v) is 16.9. The van der Waals surface area contributed by atoms with Gasteiger partial charge in [0.15, 0.2) is 0 Å². The molecule has 1 aromatic carbocycles. The summed E-state index contributed by atoms with van der Waals surface area (Å²) in [6.07, 6.45) is 8.44. The summed E-state index contributed by atoms with van der Waals surface area (Å²) in [5, 5.41) is 0. The number of fused-ring (bicyclic) bond motifs is 2. The summed E-state index contributed by atoms with van der Waals surface area (Å²) in [7, 11) is 0. The van der Waals surface area contributed by atoms with E-state index in [9.17, 15) is 4.79 Å². The number of hydrogen-bond acceptors (Lipinski definition) is 1. The SMILES string of the molecule is CCCCCCC(C)(C)c1ccc(C2CC(=O)[C@@H]3C[C@H]2C3(C)C)cc1. The van der Waals surface area contributed by atoms with E-state index in [0.29, 0.717) is 23.5 Å². The largest absolute Gasteiger partial charge is 0.299 e. The molecule has 3 aliphatic rings. The van der Waals surface area contributed by atoms with Crippen LogP contribution < -0.4 is 0 Å². The number of ketones is 1. The Morgan fingerprint density at radius 2 is 1.76 bits per heavy atom. The standard InChI is InChI=1S/C24H36O/c1-6-7-8-9-14-23(2,3)18-12-10-17(11-13-18)19-15-22(25)21-16-20(19)24(21,4)5/h10-13,19-21H,6-9,14-16H2,1-5H3/t19?,20-,21+/m1/s1. The van der Waals surface area contributed by atoms with Crippen molar-refractivity contribution in [2.45, 2.75) is 90.9 Å². The van der Waals surface area contributed by atoms with Gasteiger partial charge in [-0.25, -0.2) is 0 Å². The van der Waals surface area contributed by atoms with Crippen LogP contribution in [-0.4, -0.2) is 5.78 Å². The summed E-state index contributed by atoms with van der Waals surface area (Å²) in [6, 6.07) is 9.29. The van der Waals surface area contributed by atoms with Crippen LogP contribution in [0, 0.1) is 17.3 Å². The Kier molecular flexibility index (Phi) is 5.15. The lowest BCUT2D eigenvalue weighted by Crippen LogP contribution is -2.56. The van der Waals surface area contributed by atoms with Gasteiger partial charge in [-0.1, -0.05) is 84.6 Å². The van der Waals surface area contributed by atoms with Gasteiger partial charge >= 0.3 is 0 Å². The van der Waals surface area contributed by atoms with Crippen molar-refractivity contribution >= 4 is 5.78 Å². The molecule has 1 unspecified atom stereocenters. The molecule has 1 aromatic rings. The van der Waals surface area contributed by atoms with Crippen molar-refractivity contribution in [1.82, 2.24) is 0 Å². The summed E-state index contributed by atoms with van der Waals surface area (Å²) in [5.41, 5.74) is 3.28. The molecule has 3 fully saturated rings. The fourth-order valence-electron chi connectivity index (χ4n) is 5.36. The highest BCUT2D eigenvalue weighted by atomic mass is 16.1. The topological polar surface area (TPSA) is 17.1 Å². The van der Waals surface area contributed by atoms with E-state index in [1.165, 1.54) is 43.2 Å². The van der Waals surface area contributed by atoms with E-state index in [4.69, 9.17) is 0 Å². The minimum absolute atomic E-state index is 0.206. The number of rotatable bonds is 7. The fraction of sp³-hybridized carbons (Fsp3) is 0.708. The van der Waals surface area contributed by atoms with Crippen molar-refractivity contribution in [3.05, 3.63) is 35.4 Å². The molecule has 3 atom stereocenters. The predicted octanol–water partition coefficient (Wildman–Crippen LogP) is 6.65. The van der Waals surface area contributed by atoms with Crippen LogP contribution in [0.2, 0.25) is 0 Å². The molecule has 1 nitrogen and oxygen atoms in total. The average Bonchev–Trinajstić information content (AvgIpc) is 2.58. The fourth-order valence-corrected chi connectivity index (χ4v) is 5.36. The highest BCUT2D eigenvalue weighted by molar-refractivity contribution is 5.85. The Balaban J connectivity index is 1.69. The van der Waals surface area contributed by atoms with Gasteiger partial charge in [-0.3, -0.25) is 4.79 Å². The third-order valence-corrected chi connectivity index (χ3v) is 7.41. The van der Waals surface area contributed by atoms with Crippen LogP contribution in [0.5, 0.6) is 0 Å². The smallest absolute Gasteiger partial charge is 0.137 e. The van der Waals surface area contributed by atoms with Crippen molar-refractivity contribution in [3.63, 3.8) is 0 Å². The first-order chi connectivity index (χ1) is 11.8. The van der Waals surface area contributed by atoms with Crippen LogP contribution in [0.3, 0.4) is 0 Å². The van der Waals surface area contributed by atoms with Gasteiger partial charge in [0, 0.05) is 12.3 Å². The molecule has 0 amide bonds. The average molecular weight is 341 g/mol. The second-order valence-electron chi connectivity index (χ2n) is 9.81. The van der Waals surface area contributed by atoms with Crippen LogP contribution in [-0.2, 0) is 10.2 Å². The molecule has 3 aliphatic carbocycles. The van der Waals surface area contributed by atoms with Gasteiger partial charge in [0.2, 0.25) is 0 Å². The molecule has 1 heteroatoms. The van der Waals surface area contributed by atoms with Gasteiger partial charge in [0.1, 0.15) is 5.78 Å². The molecular formula is C24H36O. The molecule has 0 saturated heterocycles. The Morgan fingerprint density at radius 1 is 1.08 bits per heavy atom. The molecule has 0 aliphatic heterocycles. The summed E-state index contributed by atoms with van der Waals surface area (Å²) in [5.74, 6) is 1.95. The molecule has 2 bridgehead atoms. The van der Waals surface area contributed by atoms with Gasteiger partial charge in [-0.05, 0) is 46.6 Å². The first kappa shape index (κ1) is 18.7. The predicted molar refractivity (Wildman–Crippen MR) is 106 cm³/mol. The Bertz CT molecular complexity index is 607. The first-order valence-corrected chi connectivity index (χ1v) is 10.4. The van der Waals surface area contributed by atoms with E-state index in [2.05, 4.69) is 58.9 Å². The number of Topliss-reactive ketones (excluding diaryl/α,β-unsaturated/α-hetero) is 1. The van der Waals surface area contributed by atoms with Gasteiger partial charge < -0.3 is 0 Å². The van der Waals surface area contributed by atoms with E-state index in [1.54, 1.807) is 0 Å². The second-order valence-corrected chi connectivity index (χ2v) is 9.81.